The standard InChI is InChI=1S/C57H36N4/c1-3-14-38(15-4-1)53-33-31-44(36-58-53)56-60-54(39-16-5-2-6-17-39)59-55(61-56)40-28-26-37(27-29-40)41-18-13-19-42(34-41)43-30-32-48-47-22-9-12-25-51(47)57(52(48)35-43)49-23-10-7-20-45(49)46-21-8-11-24-50(46)57/h1-36H. The van der Waals surface area contributed by atoms with Crippen molar-refractivity contribution in [3.8, 4) is 89.9 Å². The van der Waals surface area contributed by atoms with Crippen LogP contribution in [-0.2, 0) is 5.41 Å². The highest BCUT2D eigenvalue weighted by atomic mass is 15.0. The Labute approximate surface area is 354 Å². The first-order valence-corrected chi connectivity index (χ1v) is 20.7. The molecule has 0 saturated carbocycles. The van der Waals surface area contributed by atoms with Gasteiger partial charge in [0.15, 0.2) is 17.5 Å². The molecule has 2 heterocycles. The summed E-state index contributed by atoms with van der Waals surface area (Å²) in [6.07, 6.45) is 1.84. The maximum atomic E-state index is 5.00. The molecule has 0 saturated heterocycles. The van der Waals surface area contributed by atoms with Crippen molar-refractivity contribution in [2.45, 2.75) is 5.41 Å². The molecular formula is C57H36N4. The summed E-state index contributed by atoms with van der Waals surface area (Å²) in [6.45, 7) is 0. The molecule has 0 atom stereocenters. The van der Waals surface area contributed by atoms with Crippen LogP contribution in [0.2, 0.25) is 0 Å². The molecule has 284 valence electrons. The average Bonchev–Trinajstić information content (AvgIpc) is 3.82. The lowest BCUT2D eigenvalue weighted by Crippen LogP contribution is -2.25. The molecule has 2 aliphatic carbocycles. The molecule has 0 amide bonds. The zero-order valence-corrected chi connectivity index (χ0v) is 33.1. The maximum Gasteiger partial charge on any atom is 0.165 e. The van der Waals surface area contributed by atoms with E-state index in [9.17, 15) is 0 Å². The van der Waals surface area contributed by atoms with Crippen LogP contribution in [0.25, 0.3) is 89.9 Å². The van der Waals surface area contributed by atoms with Crippen molar-refractivity contribution in [1.29, 1.82) is 0 Å². The number of hydrogen-bond donors (Lipinski definition) is 0. The van der Waals surface area contributed by atoms with E-state index in [0.717, 1.165) is 39.1 Å². The smallest absolute Gasteiger partial charge is 0.165 e. The first kappa shape index (κ1) is 34.9. The fourth-order valence-electron chi connectivity index (χ4n) is 9.62. The molecule has 0 fully saturated rings. The summed E-state index contributed by atoms with van der Waals surface area (Å²) in [7, 11) is 0. The summed E-state index contributed by atoms with van der Waals surface area (Å²) in [4.78, 5) is 19.7. The zero-order chi connectivity index (χ0) is 40.3. The highest BCUT2D eigenvalue weighted by Gasteiger charge is 2.51. The highest BCUT2D eigenvalue weighted by Crippen LogP contribution is 2.63. The summed E-state index contributed by atoms with van der Waals surface area (Å²) in [5.74, 6) is 1.81. The number of fused-ring (bicyclic) bond motifs is 10. The van der Waals surface area contributed by atoms with Gasteiger partial charge in [-0.2, -0.15) is 0 Å². The van der Waals surface area contributed by atoms with Gasteiger partial charge < -0.3 is 0 Å². The molecule has 1 spiro atoms. The fraction of sp³-hybridized carbons (Fsp3) is 0.0175. The summed E-state index contributed by atoms with van der Waals surface area (Å²) < 4.78 is 0. The molecule has 61 heavy (non-hydrogen) atoms. The lowest BCUT2D eigenvalue weighted by Gasteiger charge is -2.30. The predicted molar refractivity (Wildman–Crippen MR) is 247 cm³/mol. The molecule has 0 unspecified atom stereocenters. The largest absolute Gasteiger partial charge is 0.255 e. The van der Waals surface area contributed by atoms with Crippen molar-refractivity contribution >= 4 is 0 Å². The molecule has 8 aromatic carbocycles. The van der Waals surface area contributed by atoms with E-state index in [1.165, 1.54) is 55.6 Å². The molecule has 12 rings (SSSR count). The SMILES string of the molecule is c1ccc(-c2ccc(-c3nc(-c4ccccc4)nc(-c4ccc(-c5cccc(-c6ccc7c(c6)C6(c8ccccc8-c8ccccc86)c6ccccc6-7)c5)cc4)n3)cn2)cc1. The van der Waals surface area contributed by atoms with Crippen LogP contribution in [0.4, 0.5) is 0 Å². The van der Waals surface area contributed by atoms with Gasteiger partial charge in [0.1, 0.15) is 0 Å². The number of rotatable bonds is 6. The van der Waals surface area contributed by atoms with Gasteiger partial charge in [-0.05, 0) is 91.0 Å². The number of nitrogens with zero attached hydrogens (tertiary/aromatic N) is 4. The molecule has 2 aromatic heterocycles. The third kappa shape index (κ3) is 5.61. The van der Waals surface area contributed by atoms with E-state index in [0.29, 0.717) is 17.5 Å². The van der Waals surface area contributed by atoms with Crippen LogP contribution in [-0.4, -0.2) is 19.9 Å². The Morgan fingerprint density at radius 2 is 0.672 bits per heavy atom. The van der Waals surface area contributed by atoms with E-state index >= 15 is 0 Å². The minimum absolute atomic E-state index is 0.375. The summed E-state index contributed by atoms with van der Waals surface area (Å²) in [5, 5.41) is 0. The summed E-state index contributed by atoms with van der Waals surface area (Å²) in [5.41, 5.74) is 19.5. The average molecular weight is 777 g/mol. The minimum Gasteiger partial charge on any atom is -0.255 e. The van der Waals surface area contributed by atoms with Gasteiger partial charge in [-0.15, -0.1) is 0 Å². The summed E-state index contributed by atoms with van der Waals surface area (Å²) >= 11 is 0. The van der Waals surface area contributed by atoms with Crippen LogP contribution >= 0.6 is 0 Å². The van der Waals surface area contributed by atoms with E-state index in [2.05, 4.69) is 152 Å². The molecule has 2 aliphatic rings. The fourth-order valence-corrected chi connectivity index (χ4v) is 9.62. The van der Waals surface area contributed by atoms with Crippen molar-refractivity contribution in [3.63, 3.8) is 0 Å². The Morgan fingerprint density at radius 3 is 1.25 bits per heavy atom. The summed E-state index contributed by atoms with van der Waals surface area (Å²) in [6, 6.07) is 75.7. The van der Waals surface area contributed by atoms with Gasteiger partial charge in [-0.3, -0.25) is 4.98 Å². The molecule has 0 aliphatic heterocycles. The minimum atomic E-state index is -0.375. The normalized spacial score (nSPS) is 12.7. The quantitative estimate of drug-likeness (QED) is 0.169. The number of aromatic nitrogens is 4. The second-order valence-electron chi connectivity index (χ2n) is 15.8. The van der Waals surface area contributed by atoms with E-state index in [1.54, 1.807) is 0 Å². The van der Waals surface area contributed by atoms with Crippen LogP contribution in [0.1, 0.15) is 22.3 Å². The van der Waals surface area contributed by atoms with Crippen molar-refractivity contribution in [2.24, 2.45) is 0 Å². The molecule has 0 bridgehead atoms. The van der Waals surface area contributed by atoms with Gasteiger partial charge in [-0.25, -0.2) is 15.0 Å². The second-order valence-corrected chi connectivity index (χ2v) is 15.8. The Bertz CT molecular complexity index is 3220. The Balaban J connectivity index is 0.907. The maximum absolute atomic E-state index is 5.00. The van der Waals surface area contributed by atoms with Gasteiger partial charge >= 0.3 is 0 Å². The van der Waals surface area contributed by atoms with Gasteiger partial charge in [0, 0.05) is 28.5 Å². The first-order valence-electron chi connectivity index (χ1n) is 20.7. The van der Waals surface area contributed by atoms with Gasteiger partial charge in [-0.1, -0.05) is 188 Å². The first-order chi connectivity index (χ1) is 30.2. The van der Waals surface area contributed by atoms with E-state index < -0.39 is 0 Å². The molecule has 10 aromatic rings. The van der Waals surface area contributed by atoms with Crippen molar-refractivity contribution in [1.82, 2.24) is 19.9 Å². The lowest BCUT2D eigenvalue weighted by atomic mass is 9.70. The van der Waals surface area contributed by atoms with Crippen molar-refractivity contribution in [3.05, 3.63) is 241 Å². The molecule has 4 heteroatoms. The number of hydrogen-bond acceptors (Lipinski definition) is 4. The highest BCUT2D eigenvalue weighted by molar-refractivity contribution is 5.96. The number of benzene rings is 8. The van der Waals surface area contributed by atoms with E-state index in [-0.39, 0.29) is 5.41 Å². The Hall–Kier alpha value is -8.08. The van der Waals surface area contributed by atoms with Crippen LogP contribution in [0.5, 0.6) is 0 Å². The van der Waals surface area contributed by atoms with Gasteiger partial charge in [0.05, 0.1) is 11.1 Å². The Morgan fingerprint density at radius 1 is 0.262 bits per heavy atom. The van der Waals surface area contributed by atoms with Crippen LogP contribution in [0.3, 0.4) is 0 Å². The van der Waals surface area contributed by atoms with Crippen LogP contribution in [0, 0.1) is 0 Å². The second kappa shape index (κ2) is 14.0. The lowest BCUT2D eigenvalue weighted by molar-refractivity contribution is 0.794. The molecule has 0 radical (unpaired) electrons. The third-order valence-electron chi connectivity index (χ3n) is 12.4. The molecular weight excluding hydrogens is 741 g/mol. The van der Waals surface area contributed by atoms with E-state index in [4.69, 9.17) is 19.9 Å². The zero-order valence-electron chi connectivity index (χ0n) is 33.1. The number of pyridine rings is 1. The monoisotopic (exact) mass is 776 g/mol. The van der Waals surface area contributed by atoms with Crippen molar-refractivity contribution in [2.75, 3.05) is 0 Å². The predicted octanol–water partition coefficient (Wildman–Crippen LogP) is 13.6. The van der Waals surface area contributed by atoms with Gasteiger partial charge in [0.2, 0.25) is 0 Å². The van der Waals surface area contributed by atoms with E-state index in [1.807, 2.05) is 66.9 Å². The van der Waals surface area contributed by atoms with Crippen LogP contribution in [0.15, 0.2) is 219 Å². The Kier molecular flexibility index (Phi) is 8.04. The van der Waals surface area contributed by atoms with Gasteiger partial charge in [0.25, 0.3) is 0 Å². The van der Waals surface area contributed by atoms with Crippen molar-refractivity contribution < 1.29 is 0 Å². The van der Waals surface area contributed by atoms with Crippen LogP contribution < -0.4 is 0 Å². The molecule has 4 nitrogen and oxygen atoms in total. The third-order valence-corrected chi connectivity index (χ3v) is 12.4. The molecule has 0 N–H and O–H groups in total. The topological polar surface area (TPSA) is 51.6 Å².